The minimum Gasteiger partial charge on any atom is -0.454 e. The van der Waals surface area contributed by atoms with E-state index in [1.807, 2.05) is 9.47 Å². The van der Waals surface area contributed by atoms with Crippen molar-refractivity contribution in [2.24, 2.45) is 0 Å². The number of rotatable bonds is 34. The van der Waals surface area contributed by atoms with Gasteiger partial charge in [0.25, 0.3) is 0 Å². The largest absolute Gasteiger partial charge is 0.495 e. The minimum atomic E-state index is -7.59. The van der Waals surface area contributed by atoms with E-state index in [9.17, 15) is 132 Å². The third kappa shape index (κ3) is 19.7. The van der Waals surface area contributed by atoms with Gasteiger partial charge in [-0.25, -0.2) is 28.4 Å². The van der Waals surface area contributed by atoms with Gasteiger partial charge in [-0.1, -0.05) is 36.4 Å². The molecule has 0 atom stereocenters. The average molecular weight is 1380 g/mol. The Morgan fingerprint density at radius 2 is 0.483 bits per heavy atom. The molecule has 4 rings (SSSR count). The van der Waals surface area contributed by atoms with Gasteiger partial charge in [0.15, 0.2) is 26.4 Å². The van der Waals surface area contributed by atoms with Crippen LogP contribution in [0.25, 0.3) is 0 Å². The lowest BCUT2D eigenvalue weighted by Gasteiger charge is -2.33. The number of hydrogen-bond donors (Lipinski definition) is 0. The molecule has 0 spiro atoms. The summed E-state index contributed by atoms with van der Waals surface area (Å²) in [4.78, 5) is 17.5. The molecule has 2 heterocycles. The Morgan fingerprint density at radius 3 is 0.713 bits per heavy atom. The van der Waals surface area contributed by atoms with Crippen LogP contribution in [0.15, 0.2) is 60.7 Å². The van der Waals surface area contributed by atoms with Gasteiger partial charge in [0.1, 0.15) is 11.5 Å². The molecule has 0 aliphatic rings. The second-order valence-corrected chi connectivity index (χ2v) is 16.2. The monoisotopic (exact) mass is 1380 g/mol. The van der Waals surface area contributed by atoms with Gasteiger partial charge in [-0.05, 0) is 47.5 Å². The Hall–Kier alpha value is -6.50. The fraction of sp³-hybridized carbons (Fsp3) is 0.514. The maximum Gasteiger partial charge on any atom is 0.495 e. The van der Waals surface area contributed by atoms with Gasteiger partial charge in [-0.2, -0.15) is 123 Å². The third-order valence-corrected chi connectivity index (χ3v) is 8.73. The van der Waals surface area contributed by atoms with E-state index in [4.69, 9.17) is 9.47 Å². The SMILES string of the molecule is FC(F)(COc1nc(OCC(F)(F)OC(F)(F)C(F)(F)C(F)(F)Cl)nc(Oc2ccccc2)n1)OC(F)(F)C(F)(F)OC(F)(F)OC(F)(F)C(F)(F)OC(F)(F)COc1nc(OCC(F)(F)OC(F)(F)C(F)(F)C(F)(F)Cl)nc(Oc2ccccc2)n1. The zero-order valence-electron chi connectivity index (χ0n) is 39.8. The molecular weight excluding hydrogens is 1360 g/mol. The second-order valence-electron chi connectivity index (χ2n) is 15.2. The zero-order chi connectivity index (χ0) is 66.7. The second kappa shape index (κ2) is 25.2. The summed E-state index contributed by atoms with van der Waals surface area (Å²) in [5, 5.41) is -12.6. The lowest BCUT2D eigenvalue weighted by molar-refractivity contribution is -0.590. The maximum absolute atomic E-state index is 14.5. The van der Waals surface area contributed by atoms with Gasteiger partial charge >= 0.3 is 126 Å². The van der Waals surface area contributed by atoms with Crippen molar-refractivity contribution in [3.8, 4) is 47.6 Å². The molecule has 492 valence electrons. The quantitative estimate of drug-likeness (QED) is 0.0244. The first-order chi connectivity index (χ1) is 39.0. The van der Waals surface area contributed by atoms with Crippen molar-refractivity contribution in [3.05, 3.63) is 60.7 Å². The fourth-order valence-corrected chi connectivity index (χ4v) is 4.88. The highest BCUT2D eigenvalue weighted by molar-refractivity contribution is 6.22. The van der Waals surface area contributed by atoms with Gasteiger partial charge in [0.2, 0.25) is 0 Å². The molecular formula is C37H18Cl2F30N6O12. The maximum atomic E-state index is 14.5. The van der Waals surface area contributed by atoms with E-state index < -0.39 is 164 Å². The normalized spacial score (nSPS) is 14.4. The van der Waals surface area contributed by atoms with Crippen molar-refractivity contribution in [1.82, 2.24) is 29.9 Å². The molecule has 0 fully saturated rings. The number of hydrogen-bond acceptors (Lipinski definition) is 18. The smallest absolute Gasteiger partial charge is 0.454 e. The molecule has 0 unspecified atom stereocenters. The molecule has 2 aromatic carbocycles. The molecule has 0 saturated carbocycles. The van der Waals surface area contributed by atoms with Gasteiger partial charge < -0.3 is 28.4 Å². The van der Waals surface area contributed by atoms with Crippen molar-refractivity contribution < 1.29 is 189 Å². The van der Waals surface area contributed by atoms with Crippen LogP contribution in [0.3, 0.4) is 0 Å². The Morgan fingerprint density at radius 1 is 0.276 bits per heavy atom. The van der Waals surface area contributed by atoms with E-state index in [2.05, 4.69) is 91.0 Å². The summed E-state index contributed by atoms with van der Waals surface area (Å²) in [6, 6.07) is 0.419. The van der Waals surface area contributed by atoms with Gasteiger partial charge in [0.05, 0.1) is 0 Å². The van der Waals surface area contributed by atoms with Gasteiger partial charge in [0, 0.05) is 0 Å². The lowest BCUT2D eigenvalue weighted by atomic mass is 10.3. The Kier molecular flexibility index (Phi) is 21.1. The first kappa shape index (κ1) is 73.0. The van der Waals surface area contributed by atoms with Crippen LogP contribution in [0.4, 0.5) is 132 Å². The van der Waals surface area contributed by atoms with Crippen molar-refractivity contribution in [2.45, 2.75) is 90.0 Å². The average Bonchev–Trinajstić information content (AvgIpc) is 0.884. The molecule has 0 saturated heterocycles. The molecule has 0 bridgehead atoms. The first-order valence-corrected chi connectivity index (χ1v) is 21.5. The molecule has 0 aliphatic heterocycles. The highest BCUT2D eigenvalue weighted by atomic mass is 35.5. The Balaban J connectivity index is 1.46. The summed E-state index contributed by atoms with van der Waals surface area (Å²) >= 11 is 7.59. The van der Waals surface area contributed by atoms with Crippen LogP contribution < -0.4 is 28.4 Å². The minimum absolute atomic E-state index is 0.451. The van der Waals surface area contributed by atoms with Crippen molar-refractivity contribution >= 4 is 23.2 Å². The van der Waals surface area contributed by atoms with E-state index in [1.54, 1.807) is 0 Å². The zero-order valence-corrected chi connectivity index (χ0v) is 41.3. The summed E-state index contributed by atoms with van der Waals surface area (Å²) in [6.45, 7) is -11.9. The summed E-state index contributed by atoms with van der Waals surface area (Å²) in [7, 11) is 0. The molecule has 2 aromatic heterocycles. The predicted octanol–water partition coefficient (Wildman–Crippen LogP) is 13.4. The van der Waals surface area contributed by atoms with Gasteiger partial charge in [-0.15, -0.1) is 38.7 Å². The van der Waals surface area contributed by atoms with Crippen LogP contribution in [0.1, 0.15) is 0 Å². The van der Waals surface area contributed by atoms with E-state index in [1.165, 1.54) is 12.1 Å². The highest BCUT2D eigenvalue weighted by Gasteiger charge is 2.77. The number of halogens is 32. The molecule has 0 amide bonds. The lowest BCUT2D eigenvalue weighted by Crippen LogP contribution is -2.57. The van der Waals surface area contributed by atoms with Crippen LogP contribution in [-0.2, 0) is 28.4 Å². The highest BCUT2D eigenvalue weighted by Crippen LogP contribution is 2.53. The fourth-order valence-electron chi connectivity index (χ4n) is 4.66. The van der Waals surface area contributed by atoms with Crippen LogP contribution in [-0.4, -0.2) is 146 Å². The van der Waals surface area contributed by atoms with Crippen molar-refractivity contribution in [2.75, 3.05) is 26.4 Å². The van der Waals surface area contributed by atoms with E-state index >= 15 is 0 Å². The number of aromatic nitrogens is 6. The number of nitrogens with zero attached hydrogens (tertiary/aromatic N) is 6. The molecule has 87 heavy (non-hydrogen) atoms. The van der Waals surface area contributed by atoms with Crippen molar-refractivity contribution in [1.29, 1.82) is 0 Å². The van der Waals surface area contributed by atoms with Crippen molar-refractivity contribution in [3.63, 3.8) is 0 Å². The van der Waals surface area contributed by atoms with Crippen LogP contribution in [0.5, 0.6) is 47.6 Å². The Labute approximate surface area is 466 Å². The number of alkyl halides is 32. The first-order valence-electron chi connectivity index (χ1n) is 20.7. The molecule has 0 aliphatic carbocycles. The van der Waals surface area contributed by atoms with E-state index in [-0.39, 0.29) is 0 Å². The standard InChI is InChI=1S/C37H18Cl2F30N6O12/c38-29(52,53)27(48,49)31(56,57)82-23(40,41)11-76-17-70-19(74-21(72-17)80-15-7-3-1-4-8-15)78-13-25(44,45)84-33(60,61)35(64,65)86-37(68,69)87-36(66,67)34(62,63)85-26(46,47)14-79-20-71-18(73-22(75-20)81-16-9-5-2-6-10-16)77-12-24(42,43)83-32(58,59)28(50,51)30(39,54)55/h1-10H,11-14H2. The summed E-state index contributed by atoms with van der Waals surface area (Å²) in [6.07, 6.45) is -75.3. The number of ether oxygens (including phenoxy) is 12. The molecule has 18 nitrogen and oxygen atoms in total. The summed E-state index contributed by atoms with van der Waals surface area (Å²) in [5.41, 5.74) is 0. The van der Waals surface area contributed by atoms with E-state index in [0.717, 1.165) is 48.5 Å². The topological polar surface area (TPSA) is 188 Å². The molecule has 0 radical (unpaired) electrons. The Bertz CT molecular complexity index is 2740. The van der Waals surface area contributed by atoms with Crippen LogP contribution >= 0.6 is 23.2 Å². The van der Waals surface area contributed by atoms with Crippen LogP contribution in [0, 0.1) is 0 Å². The molecule has 50 heteroatoms. The number of para-hydroxylation sites is 2. The van der Waals surface area contributed by atoms with E-state index in [0.29, 0.717) is 0 Å². The number of benzene rings is 2. The third-order valence-electron chi connectivity index (χ3n) is 8.25. The predicted molar refractivity (Wildman–Crippen MR) is 207 cm³/mol. The summed E-state index contributed by atoms with van der Waals surface area (Å²) < 4.78 is 455. The van der Waals surface area contributed by atoms with Crippen LogP contribution in [0.2, 0.25) is 0 Å². The summed E-state index contributed by atoms with van der Waals surface area (Å²) in [5.74, 6) is -14.7. The molecule has 4 aromatic rings. The van der Waals surface area contributed by atoms with Gasteiger partial charge in [-0.3, -0.25) is 0 Å². The molecule has 0 N–H and O–H groups in total.